The van der Waals surface area contributed by atoms with E-state index in [2.05, 4.69) is 27.0 Å². The summed E-state index contributed by atoms with van der Waals surface area (Å²) in [7, 11) is 0. The van der Waals surface area contributed by atoms with Crippen molar-refractivity contribution in [3.05, 3.63) is 52.1 Å². The molecule has 2 aromatic rings. The Morgan fingerprint density at radius 2 is 2.18 bits per heavy atom. The molecule has 0 aliphatic carbocycles. The van der Waals surface area contributed by atoms with Gasteiger partial charge in [-0.1, -0.05) is 22.0 Å². The van der Waals surface area contributed by atoms with Crippen LogP contribution in [0.1, 0.15) is 11.1 Å². The van der Waals surface area contributed by atoms with Gasteiger partial charge in [0, 0.05) is 10.7 Å². The number of ether oxygens (including phenoxy) is 1. The molecule has 0 bridgehead atoms. The van der Waals surface area contributed by atoms with E-state index >= 15 is 0 Å². The van der Waals surface area contributed by atoms with Gasteiger partial charge in [0.2, 0.25) is 5.88 Å². The fourth-order valence-corrected chi connectivity index (χ4v) is 1.69. The number of nitrogens with zero attached hydrogens (tertiary/aromatic N) is 2. The molecular weight excluding hydrogens is 280 g/mol. The van der Waals surface area contributed by atoms with E-state index < -0.39 is 0 Å². The second-order valence-electron chi connectivity index (χ2n) is 3.48. The van der Waals surface area contributed by atoms with Crippen LogP contribution in [0.15, 0.2) is 41.0 Å². The topological polar surface area (TPSA) is 45.9 Å². The third-order valence-electron chi connectivity index (χ3n) is 2.25. The molecule has 84 valence electrons. The van der Waals surface area contributed by atoms with E-state index in [9.17, 15) is 0 Å². The number of aromatic nitrogens is 1. The van der Waals surface area contributed by atoms with Crippen LogP contribution in [0, 0.1) is 18.3 Å². The van der Waals surface area contributed by atoms with Gasteiger partial charge in [-0.15, -0.1) is 0 Å². The smallest absolute Gasteiger partial charge is 0.237 e. The van der Waals surface area contributed by atoms with Gasteiger partial charge in [-0.25, -0.2) is 4.98 Å². The fraction of sp³-hybridized carbons (Fsp3) is 0.0769. The maximum atomic E-state index is 8.94. The number of hydrogen-bond acceptors (Lipinski definition) is 3. The number of rotatable bonds is 2. The summed E-state index contributed by atoms with van der Waals surface area (Å²) in [5, 5.41) is 8.94. The number of pyridine rings is 1. The third-order valence-corrected chi connectivity index (χ3v) is 2.74. The maximum Gasteiger partial charge on any atom is 0.237 e. The van der Waals surface area contributed by atoms with Crippen LogP contribution in [0.3, 0.4) is 0 Å². The van der Waals surface area contributed by atoms with Crippen molar-refractivity contribution in [2.75, 3.05) is 0 Å². The number of hydrogen-bond donors (Lipinski definition) is 0. The highest BCUT2D eigenvalue weighted by Crippen LogP contribution is 2.28. The van der Waals surface area contributed by atoms with E-state index in [1.807, 2.05) is 25.1 Å². The molecule has 0 unspecified atom stereocenters. The molecule has 2 rings (SSSR count). The van der Waals surface area contributed by atoms with Crippen LogP contribution < -0.4 is 4.74 Å². The summed E-state index contributed by atoms with van der Waals surface area (Å²) in [6, 6.07) is 11.2. The molecule has 1 aromatic carbocycles. The molecule has 3 nitrogen and oxygen atoms in total. The van der Waals surface area contributed by atoms with Crippen molar-refractivity contribution in [3.8, 4) is 17.7 Å². The summed E-state index contributed by atoms with van der Waals surface area (Å²) in [6.45, 7) is 1.94. The molecule has 0 saturated heterocycles. The Bertz CT molecular complexity index is 590. The molecule has 1 aromatic heterocycles. The van der Waals surface area contributed by atoms with Gasteiger partial charge < -0.3 is 4.74 Å². The van der Waals surface area contributed by atoms with E-state index in [0.29, 0.717) is 17.2 Å². The van der Waals surface area contributed by atoms with Crippen LogP contribution in [-0.4, -0.2) is 4.98 Å². The highest BCUT2D eigenvalue weighted by Gasteiger charge is 2.07. The first-order valence-electron chi connectivity index (χ1n) is 5.00. The molecule has 0 fully saturated rings. The van der Waals surface area contributed by atoms with Crippen LogP contribution in [-0.2, 0) is 0 Å². The molecule has 0 saturated carbocycles. The van der Waals surface area contributed by atoms with Crippen LogP contribution in [0.2, 0.25) is 0 Å². The van der Waals surface area contributed by atoms with Crippen molar-refractivity contribution in [2.24, 2.45) is 0 Å². The second-order valence-corrected chi connectivity index (χ2v) is 4.40. The minimum absolute atomic E-state index is 0.330. The van der Waals surface area contributed by atoms with Crippen molar-refractivity contribution < 1.29 is 4.74 Å². The van der Waals surface area contributed by atoms with Crippen molar-refractivity contribution >= 4 is 15.9 Å². The van der Waals surface area contributed by atoms with Gasteiger partial charge in [0.05, 0.1) is 0 Å². The number of halogens is 1. The highest BCUT2D eigenvalue weighted by molar-refractivity contribution is 9.10. The average Bonchev–Trinajstić information content (AvgIpc) is 2.34. The Morgan fingerprint density at radius 1 is 1.35 bits per heavy atom. The summed E-state index contributed by atoms with van der Waals surface area (Å²) in [5.41, 5.74) is 1.41. The quantitative estimate of drug-likeness (QED) is 0.844. The van der Waals surface area contributed by atoms with E-state index in [0.717, 1.165) is 10.0 Å². The van der Waals surface area contributed by atoms with Crippen molar-refractivity contribution in [2.45, 2.75) is 6.92 Å². The lowest BCUT2D eigenvalue weighted by molar-refractivity contribution is 0.457. The molecule has 4 heteroatoms. The number of nitriles is 1. The summed E-state index contributed by atoms with van der Waals surface area (Å²) in [6.07, 6.45) is 1.60. The predicted molar refractivity (Wildman–Crippen MR) is 67.9 cm³/mol. The summed E-state index contributed by atoms with van der Waals surface area (Å²) >= 11 is 3.38. The van der Waals surface area contributed by atoms with E-state index in [1.54, 1.807) is 18.3 Å². The number of benzene rings is 1. The van der Waals surface area contributed by atoms with Gasteiger partial charge in [0.1, 0.15) is 17.4 Å². The summed E-state index contributed by atoms with van der Waals surface area (Å²) < 4.78 is 6.57. The Labute approximate surface area is 108 Å². The van der Waals surface area contributed by atoms with Crippen molar-refractivity contribution in [1.29, 1.82) is 5.26 Å². The SMILES string of the molecule is Cc1ccc(Br)cc1Oc1ncccc1C#N. The normalized spacial score (nSPS) is 9.71. The first-order chi connectivity index (χ1) is 8.20. The molecule has 0 aliphatic heterocycles. The molecule has 0 N–H and O–H groups in total. The van der Waals surface area contributed by atoms with E-state index in [-0.39, 0.29) is 0 Å². The van der Waals surface area contributed by atoms with Crippen molar-refractivity contribution in [1.82, 2.24) is 4.98 Å². The van der Waals surface area contributed by atoms with E-state index in [4.69, 9.17) is 10.00 Å². The molecule has 17 heavy (non-hydrogen) atoms. The molecule has 0 atom stereocenters. The summed E-state index contributed by atoms with van der Waals surface area (Å²) in [4.78, 5) is 4.06. The zero-order chi connectivity index (χ0) is 12.3. The Morgan fingerprint density at radius 3 is 2.94 bits per heavy atom. The molecular formula is C13H9BrN2O. The minimum atomic E-state index is 0.330. The Hall–Kier alpha value is -1.86. The lowest BCUT2D eigenvalue weighted by Gasteiger charge is -2.08. The lowest BCUT2D eigenvalue weighted by atomic mass is 10.2. The zero-order valence-electron chi connectivity index (χ0n) is 9.14. The molecule has 0 radical (unpaired) electrons. The Kier molecular flexibility index (Phi) is 3.40. The largest absolute Gasteiger partial charge is 0.437 e. The van der Waals surface area contributed by atoms with Crippen LogP contribution in [0.4, 0.5) is 0 Å². The number of aryl methyl sites for hydroxylation is 1. The van der Waals surface area contributed by atoms with Crippen molar-refractivity contribution in [3.63, 3.8) is 0 Å². The van der Waals surface area contributed by atoms with Gasteiger partial charge in [-0.3, -0.25) is 0 Å². The third kappa shape index (κ3) is 2.63. The maximum absolute atomic E-state index is 8.94. The fourth-order valence-electron chi connectivity index (χ4n) is 1.35. The Balaban J connectivity index is 2.38. The van der Waals surface area contributed by atoms with Crippen LogP contribution >= 0.6 is 15.9 Å². The average molecular weight is 289 g/mol. The summed E-state index contributed by atoms with van der Waals surface area (Å²) in [5.74, 6) is 1.02. The molecule has 1 heterocycles. The van der Waals surface area contributed by atoms with Gasteiger partial charge >= 0.3 is 0 Å². The first-order valence-corrected chi connectivity index (χ1v) is 5.79. The monoisotopic (exact) mass is 288 g/mol. The lowest BCUT2D eigenvalue weighted by Crippen LogP contribution is -1.93. The van der Waals surface area contributed by atoms with Gasteiger partial charge in [-0.2, -0.15) is 5.26 Å². The van der Waals surface area contributed by atoms with Crippen LogP contribution in [0.5, 0.6) is 11.6 Å². The first kappa shape index (κ1) is 11.6. The van der Waals surface area contributed by atoms with E-state index in [1.165, 1.54) is 0 Å². The highest BCUT2D eigenvalue weighted by atomic mass is 79.9. The van der Waals surface area contributed by atoms with Gasteiger partial charge in [-0.05, 0) is 36.8 Å². The van der Waals surface area contributed by atoms with Gasteiger partial charge in [0.25, 0.3) is 0 Å². The standard InChI is InChI=1S/C13H9BrN2O/c1-9-4-5-11(14)7-12(9)17-13-10(8-15)3-2-6-16-13/h2-7H,1H3. The predicted octanol–water partition coefficient (Wildman–Crippen LogP) is 3.82. The molecule has 0 aliphatic rings. The minimum Gasteiger partial charge on any atom is -0.437 e. The van der Waals surface area contributed by atoms with Gasteiger partial charge in [0.15, 0.2) is 0 Å². The molecule has 0 amide bonds. The van der Waals surface area contributed by atoms with Crippen LogP contribution in [0.25, 0.3) is 0 Å². The second kappa shape index (κ2) is 4.98. The zero-order valence-corrected chi connectivity index (χ0v) is 10.7. The molecule has 0 spiro atoms.